The van der Waals surface area contributed by atoms with Gasteiger partial charge in [-0.1, -0.05) is 69.7 Å². The highest BCUT2D eigenvalue weighted by atomic mass is 79.9. The molecule has 0 spiro atoms. The summed E-state index contributed by atoms with van der Waals surface area (Å²) in [4.78, 5) is 40.4. The molecule has 2 atom stereocenters. The molecule has 0 aromatic heterocycles. The molecule has 4 aromatic carbocycles. The van der Waals surface area contributed by atoms with E-state index in [1.165, 1.54) is 17.8 Å². The third kappa shape index (κ3) is 8.11. The molecule has 1 saturated heterocycles. The predicted octanol–water partition coefficient (Wildman–Crippen LogP) is 6.51. The van der Waals surface area contributed by atoms with Crippen LogP contribution in [-0.2, 0) is 16.0 Å². The maximum absolute atomic E-state index is 13.9. The molecule has 0 aliphatic carbocycles. The van der Waals surface area contributed by atoms with Crippen molar-refractivity contribution in [3.05, 3.63) is 122 Å². The first-order valence-corrected chi connectivity index (χ1v) is 16.7. The van der Waals surface area contributed by atoms with Gasteiger partial charge in [-0.15, -0.1) is 11.8 Å². The number of benzene rings is 4. The average Bonchev–Trinajstić information content (AvgIpc) is 3.39. The number of anilines is 1. The first-order chi connectivity index (χ1) is 22.7. The number of hydrogen-bond acceptors (Lipinski definition) is 6. The minimum atomic E-state index is -0.665. The van der Waals surface area contributed by atoms with E-state index >= 15 is 0 Å². The molecule has 1 heterocycles. The van der Waals surface area contributed by atoms with E-state index in [9.17, 15) is 14.4 Å². The number of primary amides is 1. The third-order valence-corrected chi connectivity index (χ3v) is 9.99. The minimum Gasteiger partial charge on any atom is -0.493 e. The second-order valence-corrected chi connectivity index (χ2v) is 13.1. The summed E-state index contributed by atoms with van der Waals surface area (Å²) < 4.78 is 11.6. The van der Waals surface area contributed by atoms with Crippen LogP contribution in [0.15, 0.2) is 89.4 Å². The Morgan fingerprint density at radius 2 is 1.62 bits per heavy atom. The first kappa shape index (κ1) is 33.9. The van der Waals surface area contributed by atoms with E-state index in [1.807, 2.05) is 66.7 Å². The molecule has 1 aliphatic heterocycles. The van der Waals surface area contributed by atoms with Gasteiger partial charge in [-0.05, 0) is 72.1 Å². The lowest BCUT2D eigenvalue weighted by atomic mass is 10.1. The Bertz CT molecular complexity index is 1860. The monoisotopic (exact) mass is 731 g/mol. The van der Waals surface area contributed by atoms with Crippen LogP contribution in [-0.4, -0.2) is 43.7 Å². The molecular weight excluding hydrogens is 702 g/mol. The van der Waals surface area contributed by atoms with Crippen molar-refractivity contribution in [3.63, 3.8) is 0 Å². The van der Waals surface area contributed by atoms with Gasteiger partial charge in [-0.3, -0.25) is 19.3 Å². The van der Waals surface area contributed by atoms with Crippen molar-refractivity contribution in [1.29, 1.82) is 0 Å². The molecule has 1 aliphatic rings. The number of amides is 3. The first-order valence-electron chi connectivity index (χ1n) is 14.6. The Balaban J connectivity index is 1.33. The summed E-state index contributed by atoms with van der Waals surface area (Å²) in [6.07, 6.45) is 0.523. The summed E-state index contributed by atoms with van der Waals surface area (Å²) >= 11 is 11.3. The molecule has 0 unspecified atom stereocenters. The summed E-state index contributed by atoms with van der Waals surface area (Å²) in [7, 11) is 3.14. The molecule has 1 fully saturated rings. The maximum atomic E-state index is 13.9. The van der Waals surface area contributed by atoms with Crippen molar-refractivity contribution in [3.8, 4) is 23.3 Å². The van der Waals surface area contributed by atoms with Gasteiger partial charge in [0.1, 0.15) is 5.37 Å². The zero-order valence-electron chi connectivity index (χ0n) is 25.6. The smallest absolute Gasteiger partial charge is 0.250 e. The van der Waals surface area contributed by atoms with Crippen molar-refractivity contribution in [2.75, 3.05) is 25.7 Å². The lowest BCUT2D eigenvalue weighted by molar-refractivity contribution is -0.124. The van der Waals surface area contributed by atoms with Crippen molar-refractivity contribution in [2.24, 2.45) is 5.73 Å². The molecule has 3 N–H and O–H groups in total. The number of nitrogens with zero attached hydrogens (tertiary/aromatic N) is 1. The van der Waals surface area contributed by atoms with E-state index in [-0.39, 0.29) is 28.8 Å². The number of halogens is 2. The third-order valence-electron chi connectivity index (χ3n) is 7.50. The SMILES string of the molecule is COc1cc(Br)c(CCNC(=O)C[C@H]2S[C@@H](c3ccc(C#Cc4ccccc4)cc3)N(c3ccc(C(N)=O)c(Cl)c3)C2=O)cc1OC. The normalized spacial score (nSPS) is 15.5. The Hall–Kier alpha value is -4.43. The van der Waals surface area contributed by atoms with Crippen LogP contribution in [0.25, 0.3) is 0 Å². The van der Waals surface area contributed by atoms with Gasteiger partial charge in [0.25, 0.3) is 0 Å². The Morgan fingerprint density at radius 3 is 2.26 bits per heavy atom. The second-order valence-electron chi connectivity index (χ2n) is 10.6. The summed E-state index contributed by atoms with van der Waals surface area (Å²) in [6.45, 7) is 0.362. The predicted molar refractivity (Wildman–Crippen MR) is 189 cm³/mol. The molecule has 5 rings (SSSR count). The van der Waals surface area contributed by atoms with E-state index in [0.717, 1.165) is 26.7 Å². The number of ether oxygens (including phenoxy) is 2. The zero-order valence-corrected chi connectivity index (χ0v) is 28.7. The highest BCUT2D eigenvalue weighted by Gasteiger charge is 2.43. The molecule has 11 heteroatoms. The lowest BCUT2D eigenvalue weighted by Crippen LogP contribution is -2.34. The Labute approximate surface area is 291 Å². The fraction of sp³-hybridized carbons (Fsp3) is 0.194. The molecule has 0 radical (unpaired) electrons. The van der Waals surface area contributed by atoms with E-state index < -0.39 is 16.5 Å². The summed E-state index contributed by atoms with van der Waals surface area (Å²) in [5.41, 5.74) is 9.63. The number of rotatable bonds is 10. The zero-order chi connectivity index (χ0) is 33.5. The molecule has 240 valence electrons. The number of methoxy groups -OCH3 is 2. The van der Waals surface area contributed by atoms with Gasteiger partial charge in [0, 0.05) is 34.3 Å². The van der Waals surface area contributed by atoms with Gasteiger partial charge in [-0.2, -0.15) is 0 Å². The maximum Gasteiger partial charge on any atom is 0.250 e. The molecular formula is C36H31BrClN3O5S. The lowest BCUT2D eigenvalue weighted by Gasteiger charge is -2.25. The molecule has 47 heavy (non-hydrogen) atoms. The quantitative estimate of drug-likeness (QED) is 0.180. The average molecular weight is 733 g/mol. The number of nitrogens with one attached hydrogen (secondary N) is 1. The number of nitrogens with two attached hydrogens (primary N) is 1. The molecule has 0 bridgehead atoms. The minimum absolute atomic E-state index is 0.0165. The number of carbonyl (C=O) groups excluding carboxylic acids is 3. The van der Waals surface area contributed by atoms with Crippen LogP contribution < -0.4 is 25.4 Å². The van der Waals surface area contributed by atoms with Crippen molar-refractivity contribution < 1.29 is 23.9 Å². The summed E-state index contributed by atoms with van der Waals surface area (Å²) in [5.74, 6) is 6.36. The topological polar surface area (TPSA) is 111 Å². The van der Waals surface area contributed by atoms with Crippen LogP contribution in [0.4, 0.5) is 5.69 Å². The Kier molecular flexibility index (Phi) is 11.1. The number of hydrogen-bond donors (Lipinski definition) is 2. The molecule has 8 nitrogen and oxygen atoms in total. The fourth-order valence-corrected chi connectivity index (χ4v) is 7.33. The van der Waals surface area contributed by atoms with Crippen LogP contribution in [0.1, 0.15) is 44.4 Å². The van der Waals surface area contributed by atoms with Gasteiger partial charge < -0.3 is 20.5 Å². The van der Waals surface area contributed by atoms with Gasteiger partial charge >= 0.3 is 0 Å². The second kappa shape index (κ2) is 15.4. The van der Waals surface area contributed by atoms with Gasteiger partial charge in [0.2, 0.25) is 17.7 Å². The summed E-state index contributed by atoms with van der Waals surface area (Å²) in [6, 6.07) is 25.8. The van der Waals surface area contributed by atoms with Crippen molar-refractivity contribution >= 4 is 62.7 Å². The van der Waals surface area contributed by atoms with Crippen LogP contribution in [0.2, 0.25) is 5.02 Å². The van der Waals surface area contributed by atoms with Crippen LogP contribution >= 0.6 is 39.3 Å². The number of carbonyl (C=O) groups is 3. The van der Waals surface area contributed by atoms with Crippen molar-refractivity contribution in [1.82, 2.24) is 5.32 Å². The summed E-state index contributed by atoms with van der Waals surface area (Å²) in [5, 5.41) is 1.98. The van der Waals surface area contributed by atoms with Crippen LogP contribution in [0, 0.1) is 11.8 Å². The largest absolute Gasteiger partial charge is 0.493 e. The molecule has 0 saturated carbocycles. The standard InChI is InChI=1S/C36H31BrClN3O5S/c1-45-30-18-25(28(37)20-31(30)46-2)16-17-40-33(42)21-32-35(44)41(26-14-15-27(34(39)43)29(38)19-26)36(47-32)24-12-10-23(11-13-24)9-8-22-6-4-3-5-7-22/h3-7,10-15,18-20,32,36H,16-17,21H2,1-2H3,(H2,39,43)(H,40,42)/t32-,36+/m1/s1. The van der Waals surface area contributed by atoms with Crippen LogP contribution in [0.3, 0.4) is 0 Å². The van der Waals surface area contributed by atoms with E-state index in [4.69, 9.17) is 26.8 Å². The van der Waals surface area contributed by atoms with E-state index in [1.54, 1.807) is 31.3 Å². The Morgan fingerprint density at radius 1 is 0.957 bits per heavy atom. The van der Waals surface area contributed by atoms with E-state index in [0.29, 0.717) is 30.2 Å². The van der Waals surface area contributed by atoms with Crippen molar-refractivity contribution in [2.45, 2.75) is 23.5 Å². The highest BCUT2D eigenvalue weighted by Crippen LogP contribution is 2.47. The van der Waals surface area contributed by atoms with Gasteiger partial charge in [0.05, 0.1) is 30.1 Å². The number of thioether (sulfide) groups is 1. The molecule has 4 aromatic rings. The van der Waals surface area contributed by atoms with Gasteiger partial charge in [-0.25, -0.2) is 0 Å². The van der Waals surface area contributed by atoms with Gasteiger partial charge in [0.15, 0.2) is 11.5 Å². The fourth-order valence-electron chi connectivity index (χ4n) is 5.09. The highest BCUT2D eigenvalue weighted by molar-refractivity contribution is 9.10. The molecule has 3 amide bonds. The van der Waals surface area contributed by atoms with E-state index in [2.05, 4.69) is 33.1 Å². The van der Waals surface area contributed by atoms with Crippen LogP contribution in [0.5, 0.6) is 11.5 Å².